The van der Waals surface area contributed by atoms with E-state index >= 15 is 0 Å². The van der Waals surface area contributed by atoms with E-state index in [4.69, 9.17) is 5.73 Å². The van der Waals surface area contributed by atoms with Crippen LogP contribution in [-0.2, 0) is 6.42 Å². The van der Waals surface area contributed by atoms with Gasteiger partial charge in [-0.2, -0.15) is 0 Å². The summed E-state index contributed by atoms with van der Waals surface area (Å²) in [4.78, 5) is 2.47. The van der Waals surface area contributed by atoms with Crippen molar-refractivity contribution in [1.29, 1.82) is 0 Å². The van der Waals surface area contributed by atoms with Crippen LogP contribution in [0.5, 0.6) is 0 Å². The Morgan fingerprint density at radius 3 is 2.58 bits per heavy atom. The maximum Gasteiger partial charge on any atom is 0.0207 e. The minimum absolute atomic E-state index is 0.460. The third kappa shape index (κ3) is 4.90. The molecule has 2 N–H and O–H groups in total. The minimum atomic E-state index is 0.460. The number of hydrogen-bond acceptors (Lipinski definition) is 2. The first-order valence-electron chi connectivity index (χ1n) is 7.32. The van der Waals surface area contributed by atoms with Crippen LogP contribution in [0.1, 0.15) is 31.2 Å². The summed E-state index contributed by atoms with van der Waals surface area (Å²) in [6.07, 6.45) is 6.15. The van der Waals surface area contributed by atoms with Crippen LogP contribution in [0.15, 0.2) is 28.7 Å². The van der Waals surface area contributed by atoms with Gasteiger partial charge in [0, 0.05) is 23.6 Å². The first-order chi connectivity index (χ1) is 9.15. The fourth-order valence-electron chi connectivity index (χ4n) is 2.92. The van der Waals surface area contributed by atoms with Gasteiger partial charge in [0.2, 0.25) is 0 Å². The molecule has 1 aliphatic rings. The van der Waals surface area contributed by atoms with Gasteiger partial charge >= 0.3 is 0 Å². The highest BCUT2D eigenvalue weighted by Crippen LogP contribution is 2.24. The molecule has 1 aromatic rings. The average Bonchev–Trinajstić information content (AvgIpc) is 2.40. The van der Waals surface area contributed by atoms with Crippen molar-refractivity contribution in [2.75, 3.05) is 20.1 Å². The van der Waals surface area contributed by atoms with Crippen LogP contribution in [0.3, 0.4) is 0 Å². The van der Waals surface area contributed by atoms with Crippen LogP contribution in [0.25, 0.3) is 0 Å². The summed E-state index contributed by atoms with van der Waals surface area (Å²) >= 11 is 3.62. The zero-order chi connectivity index (χ0) is 13.7. The molecule has 0 aliphatic heterocycles. The molecule has 1 aliphatic carbocycles. The molecule has 1 fully saturated rings. The Morgan fingerprint density at radius 1 is 1.21 bits per heavy atom. The predicted molar refractivity (Wildman–Crippen MR) is 85.3 cm³/mol. The van der Waals surface area contributed by atoms with Gasteiger partial charge in [0.1, 0.15) is 0 Å². The van der Waals surface area contributed by atoms with Gasteiger partial charge in [-0.3, -0.25) is 0 Å². The first kappa shape index (κ1) is 15.0. The normalized spacial score (nSPS) is 23.8. The maximum absolute atomic E-state index is 5.96. The number of benzene rings is 1. The molecular formula is C16H25BrN2. The highest BCUT2D eigenvalue weighted by molar-refractivity contribution is 9.10. The predicted octanol–water partition coefficient (Wildman–Crippen LogP) is 3.44. The maximum atomic E-state index is 5.96. The Balaban J connectivity index is 1.73. The molecule has 1 aromatic carbocycles. The van der Waals surface area contributed by atoms with Gasteiger partial charge in [-0.05, 0) is 56.7 Å². The Bertz CT molecular complexity index is 386. The summed E-state index contributed by atoms with van der Waals surface area (Å²) in [6, 6.07) is 8.97. The van der Waals surface area contributed by atoms with E-state index in [1.165, 1.54) is 42.3 Å². The molecule has 3 heteroatoms. The Morgan fingerprint density at radius 2 is 1.89 bits per heavy atom. The molecule has 0 spiro atoms. The van der Waals surface area contributed by atoms with Gasteiger partial charge in [-0.25, -0.2) is 0 Å². The second kappa shape index (κ2) is 7.41. The SMILES string of the molecule is CN(CCc1ccccc1Br)CC1CCC(N)CC1. The van der Waals surface area contributed by atoms with E-state index in [9.17, 15) is 0 Å². The molecule has 0 bridgehead atoms. The van der Waals surface area contributed by atoms with Crippen molar-refractivity contribution >= 4 is 15.9 Å². The zero-order valence-corrected chi connectivity index (χ0v) is 13.4. The van der Waals surface area contributed by atoms with Gasteiger partial charge in [-0.15, -0.1) is 0 Å². The van der Waals surface area contributed by atoms with Gasteiger partial charge in [0.15, 0.2) is 0 Å². The van der Waals surface area contributed by atoms with E-state index in [1.54, 1.807) is 0 Å². The monoisotopic (exact) mass is 324 g/mol. The lowest BCUT2D eigenvalue weighted by Gasteiger charge is -2.29. The Hall–Kier alpha value is -0.380. The molecule has 0 atom stereocenters. The molecule has 0 saturated heterocycles. The van der Waals surface area contributed by atoms with E-state index in [2.05, 4.69) is 52.1 Å². The van der Waals surface area contributed by atoms with Crippen LogP contribution >= 0.6 is 15.9 Å². The van der Waals surface area contributed by atoms with Crippen LogP contribution < -0.4 is 5.73 Å². The van der Waals surface area contributed by atoms with Gasteiger partial charge in [-0.1, -0.05) is 34.1 Å². The number of likely N-dealkylation sites (N-methyl/N-ethyl adjacent to an activating group) is 1. The lowest BCUT2D eigenvalue weighted by Crippen LogP contribution is -2.33. The van der Waals surface area contributed by atoms with Gasteiger partial charge in [0.25, 0.3) is 0 Å². The zero-order valence-electron chi connectivity index (χ0n) is 11.8. The molecule has 19 heavy (non-hydrogen) atoms. The fraction of sp³-hybridized carbons (Fsp3) is 0.625. The molecule has 1 saturated carbocycles. The van der Waals surface area contributed by atoms with E-state index in [1.807, 2.05) is 0 Å². The number of halogens is 1. The van der Waals surface area contributed by atoms with Crippen molar-refractivity contribution in [3.8, 4) is 0 Å². The lowest BCUT2D eigenvalue weighted by molar-refractivity contribution is 0.225. The molecule has 2 nitrogen and oxygen atoms in total. The van der Waals surface area contributed by atoms with Gasteiger partial charge < -0.3 is 10.6 Å². The summed E-state index contributed by atoms with van der Waals surface area (Å²) in [5, 5.41) is 0. The molecular weight excluding hydrogens is 300 g/mol. The average molecular weight is 325 g/mol. The van der Waals surface area contributed by atoms with Crippen molar-refractivity contribution in [2.24, 2.45) is 11.7 Å². The number of rotatable bonds is 5. The number of nitrogens with two attached hydrogens (primary N) is 1. The topological polar surface area (TPSA) is 29.3 Å². The molecule has 0 heterocycles. The first-order valence-corrected chi connectivity index (χ1v) is 8.12. The highest BCUT2D eigenvalue weighted by Gasteiger charge is 2.19. The Kier molecular flexibility index (Phi) is 5.86. The molecule has 0 radical (unpaired) electrons. The smallest absolute Gasteiger partial charge is 0.0207 e. The number of nitrogens with zero attached hydrogens (tertiary/aromatic N) is 1. The summed E-state index contributed by atoms with van der Waals surface area (Å²) in [5.74, 6) is 0.851. The molecule has 2 rings (SSSR count). The fourth-order valence-corrected chi connectivity index (χ4v) is 3.40. The van der Waals surface area contributed by atoms with Crippen LogP contribution in [-0.4, -0.2) is 31.1 Å². The molecule has 0 amide bonds. The van der Waals surface area contributed by atoms with Crippen LogP contribution in [0, 0.1) is 5.92 Å². The van der Waals surface area contributed by atoms with Crippen molar-refractivity contribution in [2.45, 2.75) is 38.1 Å². The summed E-state index contributed by atoms with van der Waals surface area (Å²) < 4.78 is 1.23. The Labute approximate surface area is 125 Å². The van der Waals surface area contributed by atoms with Crippen molar-refractivity contribution in [3.05, 3.63) is 34.3 Å². The van der Waals surface area contributed by atoms with Crippen molar-refractivity contribution in [1.82, 2.24) is 4.90 Å². The summed E-state index contributed by atoms with van der Waals surface area (Å²) in [5.41, 5.74) is 7.36. The van der Waals surface area contributed by atoms with E-state index in [0.717, 1.165) is 18.9 Å². The quantitative estimate of drug-likeness (QED) is 0.898. The highest BCUT2D eigenvalue weighted by atomic mass is 79.9. The summed E-state index contributed by atoms with van der Waals surface area (Å²) in [6.45, 7) is 2.35. The molecule has 0 aromatic heterocycles. The lowest BCUT2D eigenvalue weighted by atomic mass is 9.86. The van der Waals surface area contributed by atoms with Crippen LogP contribution in [0.4, 0.5) is 0 Å². The molecule has 0 unspecified atom stereocenters. The van der Waals surface area contributed by atoms with E-state index in [-0.39, 0.29) is 0 Å². The van der Waals surface area contributed by atoms with Crippen molar-refractivity contribution < 1.29 is 0 Å². The third-order valence-electron chi connectivity index (χ3n) is 4.18. The van der Waals surface area contributed by atoms with Crippen molar-refractivity contribution in [3.63, 3.8) is 0 Å². The summed E-state index contributed by atoms with van der Waals surface area (Å²) in [7, 11) is 2.24. The second-order valence-corrected chi connectivity index (χ2v) is 6.74. The molecule has 106 valence electrons. The largest absolute Gasteiger partial charge is 0.328 e. The third-order valence-corrected chi connectivity index (χ3v) is 4.96. The van der Waals surface area contributed by atoms with Crippen LogP contribution in [0.2, 0.25) is 0 Å². The van der Waals surface area contributed by atoms with Gasteiger partial charge in [0.05, 0.1) is 0 Å². The second-order valence-electron chi connectivity index (χ2n) is 5.88. The minimum Gasteiger partial charge on any atom is -0.328 e. The number of hydrogen-bond donors (Lipinski definition) is 1. The van der Waals surface area contributed by atoms with E-state index < -0.39 is 0 Å². The van der Waals surface area contributed by atoms with E-state index in [0.29, 0.717) is 6.04 Å². The standard InChI is InChI=1S/C16H25BrN2/c1-19(12-13-6-8-15(18)9-7-13)11-10-14-4-2-3-5-16(14)17/h2-5,13,15H,6-12,18H2,1H3.